The Morgan fingerprint density at radius 2 is 1.88 bits per heavy atom. The summed E-state index contributed by atoms with van der Waals surface area (Å²) in [6.45, 7) is 1.45. The quantitative estimate of drug-likeness (QED) is 0.544. The number of H-pyrrole nitrogens is 1. The molecule has 0 bridgehead atoms. The number of hydrogen-bond acceptors (Lipinski definition) is 5. The molecule has 1 amide bonds. The van der Waals surface area contributed by atoms with Crippen molar-refractivity contribution >= 4 is 32.6 Å². The molecule has 12 heteroatoms. The number of cyclic esters (lactones) is 1. The van der Waals surface area contributed by atoms with Crippen molar-refractivity contribution in [3.05, 3.63) is 64.4 Å². The number of rotatable bonds is 6. The van der Waals surface area contributed by atoms with Crippen LogP contribution in [0.15, 0.2) is 53.3 Å². The molecule has 180 valence electrons. The SMILES string of the molecule is CCS(=O)(=O)NC[C@H]1CN(c2ccc3cc(-c4ccccc4C(F)(F)F)[nH]c(=O)c3c2)C(=O)O1. The van der Waals surface area contributed by atoms with Crippen LogP contribution in [0.5, 0.6) is 0 Å². The van der Waals surface area contributed by atoms with Gasteiger partial charge in [-0.25, -0.2) is 17.9 Å². The average Bonchev–Trinajstić information content (AvgIpc) is 3.17. The normalized spacial score (nSPS) is 16.8. The van der Waals surface area contributed by atoms with Crippen LogP contribution in [0.25, 0.3) is 22.0 Å². The average molecular weight is 495 g/mol. The number of carbonyl (C=O) groups excluding carboxylic acids is 1. The van der Waals surface area contributed by atoms with Crippen LogP contribution in [-0.4, -0.2) is 44.4 Å². The number of alkyl halides is 3. The van der Waals surface area contributed by atoms with Gasteiger partial charge in [-0.2, -0.15) is 13.2 Å². The molecule has 3 aromatic rings. The molecular formula is C22H20F3N3O5S. The van der Waals surface area contributed by atoms with Crippen LogP contribution in [0.1, 0.15) is 12.5 Å². The summed E-state index contributed by atoms with van der Waals surface area (Å²) in [4.78, 5) is 28.8. The van der Waals surface area contributed by atoms with Gasteiger partial charge in [-0.15, -0.1) is 0 Å². The molecule has 8 nitrogen and oxygen atoms in total. The fourth-order valence-electron chi connectivity index (χ4n) is 3.69. The summed E-state index contributed by atoms with van der Waals surface area (Å²) in [5.41, 5.74) is -1.29. The first-order valence-corrected chi connectivity index (χ1v) is 11.9. The molecule has 4 rings (SSSR count). The molecule has 2 aromatic carbocycles. The van der Waals surface area contributed by atoms with Crippen molar-refractivity contribution in [2.24, 2.45) is 0 Å². The van der Waals surface area contributed by atoms with Gasteiger partial charge in [0.25, 0.3) is 5.56 Å². The van der Waals surface area contributed by atoms with Gasteiger partial charge < -0.3 is 9.72 Å². The van der Waals surface area contributed by atoms with Gasteiger partial charge in [-0.3, -0.25) is 9.69 Å². The third-order valence-corrected chi connectivity index (χ3v) is 6.82. The fourth-order valence-corrected chi connectivity index (χ4v) is 4.33. The summed E-state index contributed by atoms with van der Waals surface area (Å²) in [5.74, 6) is -0.111. The molecule has 1 saturated heterocycles. The van der Waals surface area contributed by atoms with Crippen LogP contribution in [0.3, 0.4) is 0 Å². The van der Waals surface area contributed by atoms with Gasteiger partial charge in [-0.1, -0.05) is 24.3 Å². The molecule has 0 spiro atoms. The number of pyridine rings is 1. The van der Waals surface area contributed by atoms with Gasteiger partial charge in [-0.05, 0) is 36.6 Å². The third kappa shape index (κ3) is 4.77. The maximum absolute atomic E-state index is 13.4. The number of sulfonamides is 1. The van der Waals surface area contributed by atoms with Crippen molar-refractivity contribution in [2.45, 2.75) is 19.2 Å². The molecule has 0 unspecified atom stereocenters. The number of nitrogens with zero attached hydrogens (tertiary/aromatic N) is 1. The number of ether oxygens (including phenoxy) is 1. The van der Waals surface area contributed by atoms with Crippen LogP contribution in [0.2, 0.25) is 0 Å². The Bertz CT molecular complexity index is 1420. The van der Waals surface area contributed by atoms with E-state index in [4.69, 9.17) is 4.74 Å². The summed E-state index contributed by atoms with van der Waals surface area (Å²) < 4.78 is 71.0. The molecule has 34 heavy (non-hydrogen) atoms. The van der Waals surface area contributed by atoms with E-state index in [9.17, 15) is 31.2 Å². The molecule has 2 heterocycles. The first-order chi connectivity index (χ1) is 16.0. The summed E-state index contributed by atoms with van der Waals surface area (Å²) in [6, 6.07) is 10.9. The second kappa shape index (κ2) is 8.76. The van der Waals surface area contributed by atoms with Gasteiger partial charge in [0.05, 0.1) is 17.9 Å². The molecule has 1 aromatic heterocycles. The molecule has 0 aliphatic carbocycles. The lowest BCUT2D eigenvalue weighted by Gasteiger charge is -2.15. The smallest absolute Gasteiger partial charge is 0.417 e. The van der Waals surface area contributed by atoms with E-state index in [-0.39, 0.29) is 35.5 Å². The first kappa shape index (κ1) is 23.8. The largest absolute Gasteiger partial charge is 0.443 e. The number of anilines is 1. The number of nitrogens with one attached hydrogen (secondary N) is 2. The lowest BCUT2D eigenvalue weighted by Crippen LogP contribution is -2.35. The van der Waals surface area contributed by atoms with E-state index in [1.807, 2.05) is 0 Å². The van der Waals surface area contributed by atoms with Crippen LogP contribution in [0.4, 0.5) is 23.7 Å². The van der Waals surface area contributed by atoms with Crippen molar-refractivity contribution in [3.8, 4) is 11.3 Å². The summed E-state index contributed by atoms with van der Waals surface area (Å²) in [6.07, 6.45) is -6.01. The fraction of sp³-hybridized carbons (Fsp3) is 0.273. The molecule has 1 atom stereocenters. The number of aromatic nitrogens is 1. The van der Waals surface area contributed by atoms with Crippen molar-refractivity contribution in [1.82, 2.24) is 9.71 Å². The van der Waals surface area contributed by atoms with Gasteiger partial charge >= 0.3 is 12.3 Å². The lowest BCUT2D eigenvalue weighted by atomic mass is 10.0. The molecule has 2 N–H and O–H groups in total. The lowest BCUT2D eigenvalue weighted by molar-refractivity contribution is -0.137. The van der Waals surface area contributed by atoms with Crippen LogP contribution in [0, 0.1) is 0 Å². The standard InChI is InChI=1S/C22H20F3N3O5S/c1-2-34(31,32)26-11-15-12-28(21(30)33-15)14-8-7-13-9-19(27-20(29)17(13)10-14)16-5-3-4-6-18(16)22(23,24)25/h3-10,15,26H,2,11-12H2,1H3,(H,27,29)/t15-/m0/s1. The number of halogens is 3. The van der Waals surface area contributed by atoms with E-state index in [2.05, 4.69) is 9.71 Å². The number of fused-ring (bicyclic) bond motifs is 1. The van der Waals surface area contributed by atoms with Crippen LogP contribution >= 0.6 is 0 Å². The van der Waals surface area contributed by atoms with Gasteiger partial charge in [0.2, 0.25) is 10.0 Å². The van der Waals surface area contributed by atoms with E-state index in [1.54, 1.807) is 6.07 Å². The Labute approximate surface area is 192 Å². The highest BCUT2D eigenvalue weighted by molar-refractivity contribution is 7.89. The van der Waals surface area contributed by atoms with Crippen molar-refractivity contribution in [3.63, 3.8) is 0 Å². The Morgan fingerprint density at radius 1 is 1.15 bits per heavy atom. The van der Waals surface area contributed by atoms with Gasteiger partial charge in [0.15, 0.2) is 0 Å². The minimum atomic E-state index is -4.59. The second-order valence-electron chi connectivity index (χ2n) is 7.70. The molecule has 1 fully saturated rings. The van der Waals surface area contributed by atoms with E-state index >= 15 is 0 Å². The van der Waals surface area contributed by atoms with Crippen molar-refractivity contribution in [2.75, 3.05) is 23.7 Å². The van der Waals surface area contributed by atoms with E-state index in [1.165, 1.54) is 48.2 Å². The van der Waals surface area contributed by atoms with E-state index < -0.39 is 39.5 Å². The second-order valence-corrected chi connectivity index (χ2v) is 9.79. The Balaban J connectivity index is 1.64. The molecule has 1 aliphatic heterocycles. The zero-order valence-corrected chi connectivity index (χ0v) is 18.7. The zero-order chi connectivity index (χ0) is 24.7. The maximum Gasteiger partial charge on any atom is 0.417 e. The zero-order valence-electron chi connectivity index (χ0n) is 17.8. The highest BCUT2D eigenvalue weighted by atomic mass is 32.2. The Kier molecular flexibility index (Phi) is 6.13. The number of aromatic amines is 1. The van der Waals surface area contributed by atoms with Crippen LogP contribution < -0.4 is 15.2 Å². The number of carbonyl (C=O) groups is 1. The van der Waals surface area contributed by atoms with E-state index in [0.29, 0.717) is 11.1 Å². The van der Waals surface area contributed by atoms with Gasteiger partial charge in [0, 0.05) is 28.9 Å². The minimum absolute atomic E-state index is 0.0158. The van der Waals surface area contributed by atoms with Crippen molar-refractivity contribution in [1.29, 1.82) is 0 Å². The molecule has 1 aliphatic rings. The predicted molar refractivity (Wildman–Crippen MR) is 120 cm³/mol. The van der Waals surface area contributed by atoms with Crippen molar-refractivity contribution < 1.29 is 31.1 Å². The number of benzene rings is 2. The minimum Gasteiger partial charge on any atom is -0.443 e. The Morgan fingerprint density at radius 3 is 2.59 bits per heavy atom. The number of hydrogen-bond donors (Lipinski definition) is 2. The van der Waals surface area contributed by atoms with Gasteiger partial charge in [0.1, 0.15) is 6.10 Å². The summed E-state index contributed by atoms with van der Waals surface area (Å²) in [7, 11) is -3.46. The van der Waals surface area contributed by atoms with Crippen LogP contribution in [-0.2, 0) is 20.9 Å². The topological polar surface area (TPSA) is 109 Å². The molecule has 0 radical (unpaired) electrons. The summed E-state index contributed by atoms with van der Waals surface area (Å²) >= 11 is 0. The molecular weight excluding hydrogens is 475 g/mol. The first-order valence-electron chi connectivity index (χ1n) is 10.3. The highest BCUT2D eigenvalue weighted by Gasteiger charge is 2.34. The maximum atomic E-state index is 13.4. The predicted octanol–water partition coefficient (Wildman–Crippen LogP) is 3.48. The number of amides is 1. The monoisotopic (exact) mass is 495 g/mol. The molecule has 0 saturated carbocycles. The summed E-state index contributed by atoms with van der Waals surface area (Å²) in [5, 5.41) is 0.563. The Hall–Kier alpha value is -3.38. The highest BCUT2D eigenvalue weighted by Crippen LogP contribution is 2.36. The van der Waals surface area contributed by atoms with E-state index in [0.717, 1.165) is 6.07 Å². The third-order valence-electron chi connectivity index (χ3n) is 5.45.